The standard InChI is InChI=1S/C13H17NO2S/c1-10-7-12(9-14)8-11(2)13(10)16-4-3-15-5-6-17/h7-8,17H,3-6H2,1-2H3. The molecule has 0 spiro atoms. The van der Waals surface area contributed by atoms with Crippen LogP contribution in [-0.2, 0) is 4.74 Å². The van der Waals surface area contributed by atoms with Gasteiger partial charge in [-0.3, -0.25) is 0 Å². The van der Waals surface area contributed by atoms with Crippen molar-refractivity contribution in [2.24, 2.45) is 0 Å². The number of rotatable bonds is 6. The summed E-state index contributed by atoms with van der Waals surface area (Å²) < 4.78 is 10.9. The van der Waals surface area contributed by atoms with Crippen LogP contribution in [0.3, 0.4) is 0 Å². The highest BCUT2D eigenvalue weighted by atomic mass is 32.1. The average Bonchev–Trinajstić information content (AvgIpc) is 2.31. The lowest BCUT2D eigenvalue weighted by atomic mass is 10.1. The van der Waals surface area contributed by atoms with Gasteiger partial charge in [0.1, 0.15) is 12.4 Å². The van der Waals surface area contributed by atoms with E-state index in [0.29, 0.717) is 25.4 Å². The van der Waals surface area contributed by atoms with Crippen LogP contribution >= 0.6 is 12.6 Å². The lowest BCUT2D eigenvalue weighted by Gasteiger charge is -2.12. The minimum atomic E-state index is 0.515. The number of ether oxygens (including phenoxy) is 2. The minimum Gasteiger partial charge on any atom is -0.491 e. The molecule has 0 aliphatic carbocycles. The number of hydrogen-bond donors (Lipinski definition) is 1. The summed E-state index contributed by atoms with van der Waals surface area (Å²) in [7, 11) is 0. The first-order valence-electron chi connectivity index (χ1n) is 5.51. The molecule has 0 aliphatic heterocycles. The van der Waals surface area contributed by atoms with Crippen LogP contribution in [0.15, 0.2) is 12.1 Å². The zero-order valence-electron chi connectivity index (χ0n) is 10.2. The van der Waals surface area contributed by atoms with Crippen molar-refractivity contribution in [3.05, 3.63) is 28.8 Å². The number of thiol groups is 1. The lowest BCUT2D eigenvalue weighted by molar-refractivity contribution is 0.111. The zero-order chi connectivity index (χ0) is 12.7. The Bertz CT molecular complexity index is 389. The number of aryl methyl sites for hydroxylation is 2. The van der Waals surface area contributed by atoms with Gasteiger partial charge in [0.25, 0.3) is 0 Å². The second-order valence-corrected chi connectivity index (χ2v) is 4.18. The molecule has 0 saturated carbocycles. The maximum atomic E-state index is 8.83. The molecular weight excluding hydrogens is 234 g/mol. The van der Waals surface area contributed by atoms with Crippen LogP contribution in [0.25, 0.3) is 0 Å². The van der Waals surface area contributed by atoms with E-state index in [-0.39, 0.29) is 0 Å². The highest BCUT2D eigenvalue weighted by molar-refractivity contribution is 7.80. The molecule has 1 rings (SSSR count). The first-order valence-corrected chi connectivity index (χ1v) is 6.15. The van der Waals surface area contributed by atoms with Gasteiger partial charge in [-0.1, -0.05) is 0 Å². The van der Waals surface area contributed by atoms with Gasteiger partial charge in [-0.05, 0) is 37.1 Å². The molecule has 3 nitrogen and oxygen atoms in total. The fourth-order valence-corrected chi connectivity index (χ4v) is 1.74. The van der Waals surface area contributed by atoms with E-state index in [2.05, 4.69) is 18.7 Å². The van der Waals surface area contributed by atoms with Crippen molar-refractivity contribution in [3.63, 3.8) is 0 Å². The molecule has 0 unspecified atom stereocenters. The molecule has 92 valence electrons. The van der Waals surface area contributed by atoms with Crippen LogP contribution in [-0.4, -0.2) is 25.6 Å². The maximum absolute atomic E-state index is 8.83. The van der Waals surface area contributed by atoms with E-state index in [4.69, 9.17) is 14.7 Å². The first-order chi connectivity index (χ1) is 8.19. The highest BCUT2D eigenvalue weighted by Gasteiger charge is 2.06. The average molecular weight is 251 g/mol. The molecule has 0 radical (unpaired) electrons. The second-order valence-electron chi connectivity index (χ2n) is 3.74. The van der Waals surface area contributed by atoms with Gasteiger partial charge in [-0.2, -0.15) is 17.9 Å². The Morgan fingerprint density at radius 2 is 1.82 bits per heavy atom. The van der Waals surface area contributed by atoms with Gasteiger partial charge in [0.05, 0.1) is 24.8 Å². The first kappa shape index (κ1) is 13.9. The zero-order valence-corrected chi connectivity index (χ0v) is 11.1. The van der Waals surface area contributed by atoms with Crippen LogP contribution in [0, 0.1) is 25.2 Å². The molecular formula is C13H17NO2S. The van der Waals surface area contributed by atoms with Crippen LogP contribution < -0.4 is 4.74 Å². The van der Waals surface area contributed by atoms with E-state index < -0.39 is 0 Å². The predicted molar refractivity (Wildman–Crippen MR) is 70.8 cm³/mol. The number of nitriles is 1. The van der Waals surface area contributed by atoms with E-state index >= 15 is 0 Å². The summed E-state index contributed by atoms with van der Waals surface area (Å²) in [6, 6.07) is 5.79. The number of benzene rings is 1. The van der Waals surface area contributed by atoms with Gasteiger partial charge in [0.2, 0.25) is 0 Å². The van der Waals surface area contributed by atoms with Gasteiger partial charge >= 0.3 is 0 Å². The van der Waals surface area contributed by atoms with E-state index in [0.717, 1.165) is 22.6 Å². The van der Waals surface area contributed by atoms with E-state index in [1.54, 1.807) is 0 Å². The topological polar surface area (TPSA) is 42.2 Å². The minimum absolute atomic E-state index is 0.515. The summed E-state index contributed by atoms with van der Waals surface area (Å²) in [5, 5.41) is 8.83. The Hall–Kier alpha value is -1.18. The molecule has 0 bridgehead atoms. The number of nitrogens with zero attached hydrogens (tertiary/aromatic N) is 1. The molecule has 0 saturated heterocycles. The van der Waals surface area contributed by atoms with E-state index in [1.807, 2.05) is 26.0 Å². The van der Waals surface area contributed by atoms with Crippen molar-refractivity contribution in [1.82, 2.24) is 0 Å². The van der Waals surface area contributed by atoms with Crippen LogP contribution in [0.5, 0.6) is 5.75 Å². The smallest absolute Gasteiger partial charge is 0.125 e. The molecule has 17 heavy (non-hydrogen) atoms. The molecule has 0 atom stereocenters. The van der Waals surface area contributed by atoms with Gasteiger partial charge in [0.15, 0.2) is 0 Å². The molecule has 0 fully saturated rings. The molecule has 1 aromatic rings. The summed E-state index contributed by atoms with van der Waals surface area (Å²) in [5.74, 6) is 1.56. The Morgan fingerprint density at radius 3 is 2.35 bits per heavy atom. The number of hydrogen-bond acceptors (Lipinski definition) is 4. The summed E-state index contributed by atoms with van der Waals surface area (Å²) in [4.78, 5) is 0. The second kappa shape index (κ2) is 7.21. The summed E-state index contributed by atoms with van der Waals surface area (Å²) in [6.45, 7) is 5.59. The Kier molecular flexibility index (Phi) is 5.88. The Labute approximate surface area is 108 Å². The van der Waals surface area contributed by atoms with E-state index in [1.165, 1.54) is 0 Å². The van der Waals surface area contributed by atoms with Gasteiger partial charge < -0.3 is 9.47 Å². The van der Waals surface area contributed by atoms with Crippen LogP contribution in [0.1, 0.15) is 16.7 Å². The largest absolute Gasteiger partial charge is 0.491 e. The molecule has 0 aromatic heterocycles. The third-order valence-corrected chi connectivity index (χ3v) is 2.48. The molecule has 0 heterocycles. The Morgan fingerprint density at radius 1 is 1.18 bits per heavy atom. The maximum Gasteiger partial charge on any atom is 0.125 e. The normalized spacial score (nSPS) is 10.0. The highest BCUT2D eigenvalue weighted by Crippen LogP contribution is 2.24. The third-order valence-electron chi connectivity index (χ3n) is 2.30. The van der Waals surface area contributed by atoms with Gasteiger partial charge in [-0.15, -0.1) is 0 Å². The Balaban J connectivity index is 2.57. The van der Waals surface area contributed by atoms with Crippen molar-refractivity contribution < 1.29 is 9.47 Å². The van der Waals surface area contributed by atoms with Crippen molar-refractivity contribution in [2.75, 3.05) is 25.6 Å². The fourth-order valence-electron chi connectivity index (χ4n) is 1.61. The van der Waals surface area contributed by atoms with Crippen LogP contribution in [0.4, 0.5) is 0 Å². The van der Waals surface area contributed by atoms with Crippen molar-refractivity contribution >= 4 is 12.6 Å². The predicted octanol–water partition coefficient (Wildman–Crippen LogP) is 2.50. The van der Waals surface area contributed by atoms with Crippen molar-refractivity contribution in [2.45, 2.75) is 13.8 Å². The summed E-state index contributed by atoms with van der Waals surface area (Å²) >= 11 is 4.05. The van der Waals surface area contributed by atoms with Gasteiger partial charge in [0, 0.05) is 5.75 Å². The quantitative estimate of drug-likeness (QED) is 0.624. The fraction of sp³-hybridized carbons (Fsp3) is 0.462. The SMILES string of the molecule is Cc1cc(C#N)cc(C)c1OCCOCCS. The molecule has 1 aromatic carbocycles. The molecule has 4 heteroatoms. The van der Waals surface area contributed by atoms with Crippen molar-refractivity contribution in [3.8, 4) is 11.8 Å². The monoisotopic (exact) mass is 251 g/mol. The molecule has 0 aliphatic rings. The lowest BCUT2D eigenvalue weighted by Crippen LogP contribution is -2.09. The van der Waals surface area contributed by atoms with E-state index in [9.17, 15) is 0 Å². The molecule has 0 amide bonds. The summed E-state index contributed by atoms with van der Waals surface area (Å²) in [6.07, 6.45) is 0. The summed E-state index contributed by atoms with van der Waals surface area (Å²) in [5.41, 5.74) is 2.63. The van der Waals surface area contributed by atoms with Crippen molar-refractivity contribution in [1.29, 1.82) is 5.26 Å². The van der Waals surface area contributed by atoms with Gasteiger partial charge in [-0.25, -0.2) is 0 Å². The molecule has 0 N–H and O–H groups in total. The van der Waals surface area contributed by atoms with Crippen LogP contribution in [0.2, 0.25) is 0 Å². The third kappa shape index (κ3) is 4.29.